The molecule has 0 aliphatic carbocycles. The van der Waals surface area contributed by atoms with E-state index >= 15 is 14.4 Å². The fraction of sp³-hybridized carbons (Fsp3) is 0.143. The lowest BCUT2D eigenvalue weighted by Crippen LogP contribution is -2.72. The van der Waals surface area contributed by atoms with Crippen molar-refractivity contribution in [2.24, 2.45) is 5.16 Å². The Kier molecular flexibility index (Phi) is 16.6. The van der Waals surface area contributed by atoms with Crippen molar-refractivity contribution in [3.05, 3.63) is 308 Å². The third-order valence-electron chi connectivity index (χ3n) is 16.0. The molecule has 2 atom stereocenters. The van der Waals surface area contributed by atoms with Crippen LogP contribution in [-0.4, -0.2) is 68.1 Å². The van der Waals surface area contributed by atoms with E-state index in [1.54, 1.807) is 4.90 Å². The number of rotatable bonds is 20. The van der Waals surface area contributed by atoms with Crippen LogP contribution in [0.5, 0.6) is 0 Å². The molecule has 8 aromatic carbocycles. The number of carbonyl (C=O) groups excluding carboxylic acids is 4. The van der Waals surface area contributed by atoms with Crippen LogP contribution in [-0.2, 0) is 39.9 Å². The summed E-state index contributed by atoms with van der Waals surface area (Å²) in [5, 5.41) is 21.3. The van der Waals surface area contributed by atoms with Crippen molar-refractivity contribution in [2.75, 3.05) is 16.8 Å². The number of esters is 1. The number of nitrogens with zero attached hydrogens (tertiary/aromatic N) is 6. The van der Waals surface area contributed by atoms with Crippen molar-refractivity contribution in [3.8, 4) is 0 Å². The summed E-state index contributed by atoms with van der Waals surface area (Å²) in [5.41, 5.74) is 3.56. The largest absolute Gasteiger partial charge is 0.448 e. The highest BCUT2D eigenvalue weighted by Crippen LogP contribution is 2.48. The van der Waals surface area contributed by atoms with Crippen LogP contribution < -0.4 is 15.5 Å². The van der Waals surface area contributed by atoms with Gasteiger partial charge in [0.15, 0.2) is 21.3 Å². The van der Waals surface area contributed by atoms with E-state index in [1.165, 1.54) is 28.0 Å². The SMILES string of the molecule is O=C(NC1C(=O)N2C(C(=O)OC(c3ccccc3)c3ccccc3)=C(Sc3nnc(N4CCCC4=O)s3)CCC12)C(=NOC(c1ccccc1)(c1ccccc1)c1ccccc1)c1nc(NC(c2ccccc2)(c2ccccc2)c2ccccc2)sc1Cl. The van der Waals surface area contributed by atoms with Crippen molar-refractivity contribution < 1.29 is 28.8 Å². The topological polar surface area (TPSA) is 168 Å². The molecule has 2 aromatic heterocycles. The van der Waals surface area contributed by atoms with Gasteiger partial charge in [0.05, 0.1) is 6.04 Å². The number of benzene rings is 8. The average molecular weight is 1240 g/mol. The molecule has 2 unspecified atom stereocenters. The number of hydrogen-bond donors (Lipinski definition) is 2. The first-order chi connectivity index (χ1) is 43.2. The molecular weight excluding hydrogens is 1180 g/mol. The van der Waals surface area contributed by atoms with Gasteiger partial charge in [-0.25, -0.2) is 9.78 Å². The van der Waals surface area contributed by atoms with Gasteiger partial charge in [0.25, 0.3) is 11.8 Å². The van der Waals surface area contributed by atoms with Crippen molar-refractivity contribution in [1.29, 1.82) is 0 Å². The molecule has 13 rings (SSSR count). The van der Waals surface area contributed by atoms with Crippen molar-refractivity contribution in [1.82, 2.24) is 25.4 Å². The van der Waals surface area contributed by atoms with Gasteiger partial charge in [-0.2, -0.15) is 0 Å². The third-order valence-corrected chi connectivity index (χ3v) is 19.3. The number of thiazole rings is 1. The Hall–Kier alpha value is -9.52. The van der Waals surface area contributed by atoms with Crippen molar-refractivity contribution >= 4 is 85.7 Å². The molecule has 0 radical (unpaired) electrons. The second-order valence-electron chi connectivity index (χ2n) is 21.2. The molecule has 18 heteroatoms. The predicted octanol–water partition coefficient (Wildman–Crippen LogP) is 13.7. The molecule has 88 heavy (non-hydrogen) atoms. The number of oxime groups is 1. The molecule has 3 aliphatic heterocycles. The zero-order chi connectivity index (χ0) is 60.0. The first-order valence-corrected chi connectivity index (χ1v) is 31.6. The first kappa shape index (κ1) is 57.5. The Morgan fingerprint density at radius 1 is 0.625 bits per heavy atom. The van der Waals surface area contributed by atoms with Gasteiger partial charge in [0.1, 0.15) is 27.3 Å². The van der Waals surface area contributed by atoms with Gasteiger partial charge in [0, 0.05) is 34.6 Å². The number of allylic oxidation sites excluding steroid dienone is 1. The van der Waals surface area contributed by atoms with Crippen LogP contribution in [0.3, 0.4) is 0 Å². The molecule has 2 N–H and O–H groups in total. The Morgan fingerprint density at radius 3 is 1.58 bits per heavy atom. The number of halogens is 1. The number of β-lactam (4-membered cyclic amide) rings is 1. The summed E-state index contributed by atoms with van der Waals surface area (Å²) < 4.78 is 7.11. The number of thioether (sulfide) groups is 1. The number of fused-ring (bicyclic) bond motifs is 1. The molecule has 3 amide bonds. The molecule has 5 heterocycles. The highest BCUT2D eigenvalue weighted by atomic mass is 35.5. The lowest BCUT2D eigenvalue weighted by Gasteiger charge is -2.50. The molecule has 3 aliphatic rings. The smallest absolute Gasteiger partial charge is 0.356 e. The predicted molar refractivity (Wildman–Crippen MR) is 344 cm³/mol. The fourth-order valence-corrected chi connectivity index (χ4v) is 15.0. The number of anilines is 2. The van der Waals surface area contributed by atoms with E-state index in [2.05, 4.69) is 57.2 Å². The van der Waals surface area contributed by atoms with E-state index in [0.29, 0.717) is 68.4 Å². The van der Waals surface area contributed by atoms with Crippen LogP contribution in [0.25, 0.3) is 0 Å². The van der Waals surface area contributed by atoms with Crippen LogP contribution in [0.4, 0.5) is 10.3 Å². The zero-order valence-corrected chi connectivity index (χ0v) is 50.3. The summed E-state index contributed by atoms with van der Waals surface area (Å²) in [4.78, 5) is 74.7. The first-order valence-electron chi connectivity index (χ1n) is 28.7. The minimum atomic E-state index is -1.45. The summed E-state index contributed by atoms with van der Waals surface area (Å²) in [6.45, 7) is 0.534. The average Bonchev–Trinajstić information content (AvgIpc) is 1.32. The Balaban J connectivity index is 0.899. The standard InChI is InChI=1S/C70H55ClN8O6S3/c71-62-58(73-66(87-62)74-69(48-30-13-3-14-31-48,49-32-15-4-16-33-49)50-34-17-5-18-35-50)59(77-85-70(51-36-19-6-20-37-51,52-38-21-7-22-39-52)53-40-23-8-24-41-53)63(81)72-57-54-43-44-55(86-68-76-75-67(88-68)78-45-25-42-56(78)80)60(79(54)64(57)82)65(83)84-61(46-26-9-1-10-27-46)47-28-11-2-12-29-47/h1-24,26-41,54,57,61H,25,42-45H2,(H,72,81)(H,73,74). The highest BCUT2D eigenvalue weighted by molar-refractivity contribution is 8.04. The van der Waals surface area contributed by atoms with Gasteiger partial charge < -0.3 is 20.2 Å². The van der Waals surface area contributed by atoms with Crippen LogP contribution in [0.2, 0.25) is 4.34 Å². The molecule has 0 saturated carbocycles. The Morgan fingerprint density at radius 2 is 1.10 bits per heavy atom. The van der Waals surface area contributed by atoms with Gasteiger partial charge in [-0.05, 0) is 47.1 Å². The van der Waals surface area contributed by atoms with E-state index < -0.39 is 47.1 Å². The lowest BCUT2D eigenvalue weighted by atomic mass is 9.77. The summed E-state index contributed by atoms with van der Waals surface area (Å²) in [7, 11) is 0. The van der Waals surface area contributed by atoms with Crippen LogP contribution >= 0.6 is 46.0 Å². The van der Waals surface area contributed by atoms with Gasteiger partial charge in [0.2, 0.25) is 16.6 Å². The van der Waals surface area contributed by atoms with Gasteiger partial charge >= 0.3 is 5.97 Å². The maximum absolute atomic E-state index is 15.8. The van der Waals surface area contributed by atoms with Crippen LogP contribution in [0, 0.1) is 0 Å². The quantitative estimate of drug-likeness (QED) is 0.0186. The number of hydrogen-bond acceptors (Lipinski definition) is 14. The number of aromatic nitrogens is 3. The van der Waals surface area contributed by atoms with Crippen molar-refractivity contribution in [3.63, 3.8) is 0 Å². The van der Waals surface area contributed by atoms with Crippen molar-refractivity contribution in [2.45, 2.75) is 59.4 Å². The maximum Gasteiger partial charge on any atom is 0.356 e. The maximum atomic E-state index is 15.8. The third kappa shape index (κ3) is 11.2. The molecule has 2 fully saturated rings. The molecule has 436 valence electrons. The van der Waals surface area contributed by atoms with E-state index in [1.807, 2.05) is 206 Å². The normalized spacial score (nSPS) is 16.0. The number of nitrogens with one attached hydrogen (secondary N) is 2. The lowest BCUT2D eigenvalue weighted by molar-refractivity contribution is -0.158. The molecule has 14 nitrogen and oxygen atoms in total. The Labute approximate surface area is 525 Å². The number of ether oxygens (including phenoxy) is 1. The number of carbonyl (C=O) groups is 4. The van der Waals surface area contributed by atoms with Crippen LogP contribution in [0.15, 0.2) is 263 Å². The van der Waals surface area contributed by atoms with E-state index in [4.69, 9.17) is 31.3 Å². The molecular formula is C70H55ClN8O6S3. The molecule has 0 bridgehead atoms. The summed E-state index contributed by atoms with van der Waals surface area (Å²) in [5.74, 6) is -2.14. The van der Waals surface area contributed by atoms with Crippen LogP contribution in [0.1, 0.15) is 82.0 Å². The summed E-state index contributed by atoms with van der Waals surface area (Å²) >= 11 is 11.0. The van der Waals surface area contributed by atoms with Gasteiger partial charge in [-0.15, -0.1) is 10.2 Å². The van der Waals surface area contributed by atoms with Gasteiger partial charge in [-0.1, -0.05) is 294 Å². The van der Waals surface area contributed by atoms with Gasteiger partial charge in [-0.3, -0.25) is 24.2 Å². The Bertz CT molecular complexity index is 3950. The van der Waals surface area contributed by atoms with E-state index in [9.17, 15) is 4.79 Å². The molecule has 10 aromatic rings. The summed E-state index contributed by atoms with van der Waals surface area (Å²) in [6.07, 6.45) is 0.927. The van der Waals surface area contributed by atoms with E-state index in [-0.39, 0.29) is 27.3 Å². The minimum absolute atomic E-state index is 0.00659. The zero-order valence-electron chi connectivity index (χ0n) is 47.1. The molecule has 2 saturated heterocycles. The summed E-state index contributed by atoms with van der Waals surface area (Å²) in [6, 6.07) is 75.9. The van der Waals surface area contributed by atoms with E-state index in [0.717, 1.165) is 39.2 Å². The minimum Gasteiger partial charge on any atom is -0.448 e. The second-order valence-corrected chi connectivity index (χ2v) is 25.1. The highest BCUT2D eigenvalue weighted by Gasteiger charge is 2.55. The number of amides is 3. The monoisotopic (exact) mass is 1230 g/mol. The second kappa shape index (κ2) is 25.4. The molecule has 0 spiro atoms. The fourth-order valence-electron chi connectivity index (χ4n) is 11.8.